The molecule has 1 atom stereocenters. The van der Waals surface area contributed by atoms with Gasteiger partial charge in [0.25, 0.3) is 0 Å². The molecule has 1 heteroatoms. The molecule has 1 unspecified atom stereocenters. The Morgan fingerprint density at radius 2 is 0.852 bits per heavy atom. The lowest BCUT2D eigenvalue weighted by Crippen LogP contribution is -2.31. The second-order valence-electron chi connectivity index (χ2n) is 9.38. The Kier molecular flexibility index (Phi) is 19.3. The lowest BCUT2D eigenvalue weighted by molar-refractivity contribution is -0.0379. The minimum atomic E-state index is -0.342. The predicted octanol–water partition coefficient (Wildman–Crippen LogP) is 9.65. The van der Waals surface area contributed by atoms with Crippen molar-refractivity contribution in [2.45, 2.75) is 162 Å². The molecular formula is C26H53O. The topological polar surface area (TPSA) is 19.9 Å². The van der Waals surface area contributed by atoms with Gasteiger partial charge < -0.3 is 0 Å². The van der Waals surface area contributed by atoms with Gasteiger partial charge in [-0.25, -0.2) is 5.11 Å². The van der Waals surface area contributed by atoms with Gasteiger partial charge in [0.05, 0.1) is 6.10 Å². The first kappa shape index (κ1) is 27.0. The number of hydrogen-bond donors (Lipinski definition) is 0. The Labute approximate surface area is 173 Å². The van der Waals surface area contributed by atoms with Crippen molar-refractivity contribution >= 4 is 0 Å². The van der Waals surface area contributed by atoms with Crippen molar-refractivity contribution in [3.63, 3.8) is 0 Å². The van der Waals surface area contributed by atoms with Crippen LogP contribution in [-0.2, 0) is 5.11 Å². The number of unbranched alkanes of at least 4 members (excludes halogenated alkanes) is 14. The SMILES string of the molecule is CCCCCCCCC(C)(CCCCCCCC)C([O])CCCCCCC. The average Bonchev–Trinajstić information content (AvgIpc) is 2.67. The Balaban J connectivity index is 4.26. The number of rotatable bonds is 21. The van der Waals surface area contributed by atoms with E-state index in [1.54, 1.807) is 0 Å². The van der Waals surface area contributed by atoms with E-state index in [9.17, 15) is 5.11 Å². The fraction of sp³-hybridized carbons (Fsp3) is 1.00. The monoisotopic (exact) mass is 381 g/mol. The minimum absolute atomic E-state index is 0.0419. The van der Waals surface area contributed by atoms with Gasteiger partial charge in [-0.1, -0.05) is 137 Å². The van der Waals surface area contributed by atoms with Gasteiger partial charge in [0.15, 0.2) is 0 Å². The van der Waals surface area contributed by atoms with Gasteiger partial charge in [-0.15, -0.1) is 0 Å². The van der Waals surface area contributed by atoms with E-state index >= 15 is 0 Å². The summed E-state index contributed by atoms with van der Waals surface area (Å²) in [5, 5.41) is 13.1. The highest BCUT2D eigenvalue weighted by Crippen LogP contribution is 2.37. The van der Waals surface area contributed by atoms with Crippen LogP contribution in [0, 0.1) is 5.41 Å². The molecule has 0 fully saturated rings. The summed E-state index contributed by atoms with van der Waals surface area (Å²) in [6.45, 7) is 9.14. The Hall–Kier alpha value is -0.0400. The molecule has 0 heterocycles. The molecule has 0 aliphatic rings. The lowest BCUT2D eigenvalue weighted by atomic mass is 9.73. The van der Waals surface area contributed by atoms with Crippen LogP contribution in [0.2, 0.25) is 0 Å². The first-order chi connectivity index (χ1) is 13.1. The van der Waals surface area contributed by atoms with Crippen LogP contribution in [0.4, 0.5) is 0 Å². The normalized spacial score (nSPS) is 13.2. The van der Waals surface area contributed by atoms with Gasteiger partial charge in [0.1, 0.15) is 0 Å². The van der Waals surface area contributed by atoms with Crippen LogP contribution in [0.3, 0.4) is 0 Å². The third kappa shape index (κ3) is 15.5. The molecule has 0 amide bonds. The van der Waals surface area contributed by atoms with E-state index < -0.39 is 0 Å². The zero-order chi connectivity index (χ0) is 20.2. The van der Waals surface area contributed by atoms with E-state index in [-0.39, 0.29) is 11.5 Å². The van der Waals surface area contributed by atoms with Crippen LogP contribution in [0.5, 0.6) is 0 Å². The average molecular weight is 382 g/mol. The van der Waals surface area contributed by atoms with Crippen molar-refractivity contribution in [3.8, 4) is 0 Å². The van der Waals surface area contributed by atoms with Gasteiger partial charge in [-0.05, 0) is 24.7 Å². The standard InChI is InChI=1S/C26H53O/c1-5-8-11-14-17-20-23-26(4,24-21-18-15-12-9-6-2)25(27)22-19-16-13-10-7-3/h25H,5-24H2,1-4H3. The van der Waals surface area contributed by atoms with Crippen LogP contribution in [0.1, 0.15) is 156 Å². The summed E-state index contributed by atoms with van der Waals surface area (Å²) in [6.07, 6.45) is 25.3. The molecule has 1 nitrogen and oxygen atoms in total. The van der Waals surface area contributed by atoms with Crippen LogP contribution < -0.4 is 0 Å². The highest BCUT2D eigenvalue weighted by atomic mass is 16.3. The molecule has 0 spiro atoms. The van der Waals surface area contributed by atoms with Crippen LogP contribution in [0.15, 0.2) is 0 Å². The van der Waals surface area contributed by atoms with Crippen LogP contribution in [-0.4, -0.2) is 6.10 Å². The largest absolute Gasteiger partial charge is 0.233 e. The summed E-state index contributed by atoms with van der Waals surface area (Å²) in [4.78, 5) is 0. The third-order valence-corrected chi connectivity index (χ3v) is 6.55. The zero-order valence-electron chi connectivity index (χ0n) is 19.6. The summed E-state index contributed by atoms with van der Waals surface area (Å²) >= 11 is 0. The van der Waals surface area contributed by atoms with Crippen LogP contribution >= 0.6 is 0 Å². The quantitative estimate of drug-likeness (QED) is 0.176. The third-order valence-electron chi connectivity index (χ3n) is 6.55. The van der Waals surface area contributed by atoms with E-state index in [1.165, 1.54) is 103 Å². The maximum absolute atomic E-state index is 13.1. The lowest BCUT2D eigenvalue weighted by Gasteiger charge is -2.34. The smallest absolute Gasteiger partial charge is 0.0983 e. The summed E-state index contributed by atoms with van der Waals surface area (Å²) in [7, 11) is 0. The fourth-order valence-corrected chi connectivity index (χ4v) is 4.35. The van der Waals surface area contributed by atoms with Gasteiger partial charge in [-0.3, -0.25) is 0 Å². The molecule has 0 aromatic heterocycles. The fourth-order valence-electron chi connectivity index (χ4n) is 4.35. The highest BCUT2D eigenvalue weighted by molar-refractivity contribution is 4.82. The summed E-state index contributed by atoms with van der Waals surface area (Å²) in [5.41, 5.74) is 0.0419. The first-order valence-corrected chi connectivity index (χ1v) is 12.8. The van der Waals surface area contributed by atoms with E-state index in [2.05, 4.69) is 27.7 Å². The summed E-state index contributed by atoms with van der Waals surface area (Å²) < 4.78 is 0. The van der Waals surface area contributed by atoms with Gasteiger partial charge in [0.2, 0.25) is 0 Å². The Bertz CT molecular complexity index is 270. The molecule has 0 aliphatic heterocycles. The molecule has 163 valence electrons. The van der Waals surface area contributed by atoms with Crippen molar-refractivity contribution in [3.05, 3.63) is 0 Å². The predicted molar refractivity (Wildman–Crippen MR) is 122 cm³/mol. The van der Waals surface area contributed by atoms with Crippen molar-refractivity contribution in [2.24, 2.45) is 5.41 Å². The summed E-state index contributed by atoms with van der Waals surface area (Å²) in [5.74, 6) is 0. The van der Waals surface area contributed by atoms with Crippen molar-refractivity contribution in [2.75, 3.05) is 0 Å². The summed E-state index contributed by atoms with van der Waals surface area (Å²) in [6, 6.07) is 0. The molecule has 0 saturated carbocycles. The second kappa shape index (κ2) is 19.3. The molecule has 27 heavy (non-hydrogen) atoms. The molecule has 0 rings (SSSR count). The van der Waals surface area contributed by atoms with E-state index in [4.69, 9.17) is 0 Å². The number of hydrogen-bond acceptors (Lipinski definition) is 0. The zero-order valence-corrected chi connectivity index (χ0v) is 19.6. The minimum Gasteiger partial charge on any atom is -0.233 e. The van der Waals surface area contributed by atoms with Crippen molar-refractivity contribution in [1.29, 1.82) is 0 Å². The second-order valence-corrected chi connectivity index (χ2v) is 9.38. The molecule has 1 radical (unpaired) electrons. The first-order valence-electron chi connectivity index (χ1n) is 12.8. The van der Waals surface area contributed by atoms with E-state index in [0.29, 0.717) is 0 Å². The Morgan fingerprint density at radius 1 is 0.519 bits per heavy atom. The molecule has 0 saturated heterocycles. The molecule has 0 aromatic rings. The van der Waals surface area contributed by atoms with Gasteiger partial charge >= 0.3 is 0 Å². The maximum atomic E-state index is 13.1. The molecule has 0 bridgehead atoms. The van der Waals surface area contributed by atoms with E-state index in [1.807, 2.05) is 0 Å². The van der Waals surface area contributed by atoms with Crippen molar-refractivity contribution in [1.82, 2.24) is 0 Å². The molecule has 0 aromatic carbocycles. The molecule has 0 N–H and O–H groups in total. The maximum Gasteiger partial charge on any atom is 0.0983 e. The van der Waals surface area contributed by atoms with Gasteiger partial charge in [-0.2, -0.15) is 0 Å². The Morgan fingerprint density at radius 3 is 1.26 bits per heavy atom. The van der Waals surface area contributed by atoms with Crippen LogP contribution in [0.25, 0.3) is 0 Å². The van der Waals surface area contributed by atoms with Gasteiger partial charge in [0, 0.05) is 0 Å². The molecule has 0 aliphatic carbocycles. The van der Waals surface area contributed by atoms with E-state index in [0.717, 1.165) is 25.7 Å². The highest BCUT2D eigenvalue weighted by Gasteiger charge is 2.32. The molecular weight excluding hydrogens is 328 g/mol. The van der Waals surface area contributed by atoms with Crippen molar-refractivity contribution < 1.29 is 5.11 Å².